The number of carbonyl (C=O) groups excluding carboxylic acids is 3. The van der Waals surface area contributed by atoms with E-state index in [1.54, 1.807) is 0 Å². The van der Waals surface area contributed by atoms with Crippen molar-refractivity contribution in [1.29, 1.82) is 0 Å². The molecule has 0 aromatic rings. The molecule has 10 heteroatoms. The van der Waals surface area contributed by atoms with E-state index in [4.69, 9.17) is 4.74 Å². The normalized spacial score (nSPS) is 16.0. The summed E-state index contributed by atoms with van der Waals surface area (Å²) < 4.78 is 5.18. The van der Waals surface area contributed by atoms with Gasteiger partial charge in [0, 0.05) is 30.4 Å². The Labute approximate surface area is 291 Å². The Bertz CT molecular complexity index is 972. The number of esters is 1. The molecule has 1 heterocycles. The Morgan fingerprint density at radius 2 is 1.40 bits per heavy atom. The van der Waals surface area contributed by atoms with Crippen LogP contribution in [0, 0.1) is 0 Å². The van der Waals surface area contributed by atoms with Crippen LogP contribution >= 0.6 is 21.6 Å². The third-order valence-corrected chi connectivity index (χ3v) is 10.4. The molecule has 1 fully saturated rings. The van der Waals surface area contributed by atoms with Crippen LogP contribution in [0.5, 0.6) is 0 Å². The van der Waals surface area contributed by atoms with E-state index < -0.39 is 31.3 Å². The highest BCUT2D eigenvalue weighted by molar-refractivity contribution is 8.77. The zero-order valence-corrected chi connectivity index (χ0v) is 30.1. The van der Waals surface area contributed by atoms with Crippen molar-refractivity contribution in [3.05, 3.63) is 60.8 Å². The number of aliphatic hydroxyl groups is 2. The quantitative estimate of drug-likeness (QED) is 0.0292. The Kier molecular flexibility index (Phi) is 28.2. The molecule has 0 aliphatic carbocycles. The van der Waals surface area contributed by atoms with Gasteiger partial charge in [-0.2, -0.15) is 0 Å². The van der Waals surface area contributed by atoms with Gasteiger partial charge in [0.2, 0.25) is 11.8 Å². The maximum absolute atomic E-state index is 12.7. The highest BCUT2D eigenvalue weighted by Gasteiger charge is 2.25. The lowest BCUT2D eigenvalue weighted by molar-refractivity contribution is -0.157. The van der Waals surface area contributed by atoms with Crippen LogP contribution in [0.2, 0.25) is 0 Å². The lowest BCUT2D eigenvalue weighted by Gasteiger charge is -2.21. The van der Waals surface area contributed by atoms with Crippen LogP contribution in [-0.4, -0.2) is 70.9 Å². The maximum Gasteiger partial charge on any atom is 0.329 e. The molecule has 0 aromatic heterocycles. The van der Waals surface area contributed by atoms with E-state index in [1.807, 2.05) is 21.6 Å². The first kappa shape index (κ1) is 42.8. The molecule has 2 amide bonds. The van der Waals surface area contributed by atoms with Crippen molar-refractivity contribution in [2.45, 2.75) is 127 Å². The van der Waals surface area contributed by atoms with Crippen LogP contribution < -0.4 is 10.6 Å². The highest BCUT2D eigenvalue weighted by Crippen LogP contribution is 2.39. The second-order valence-corrected chi connectivity index (χ2v) is 14.4. The number of rotatable bonds is 28. The van der Waals surface area contributed by atoms with Crippen molar-refractivity contribution in [2.75, 3.05) is 25.5 Å². The number of carbonyl (C=O) groups is 3. The van der Waals surface area contributed by atoms with Gasteiger partial charge in [0.05, 0.1) is 13.2 Å². The first-order chi connectivity index (χ1) is 23.0. The van der Waals surface area contributed by atoms with E-state index in [2.05, 4.69) is 78.3 Å². The van der Waals surface area contributed by atoms with E-state index in [1.165, 1.54) is 12.2 Å². The number of hydrogen-bond acceptors (Lipinski definition) is 8. The molecule has 2 atom stereocenters. The van der Waals surface area contributed by atoms with Crippen molar-refractivity contribution in [3.63, 3.8) is 0 Å². The molecule has 266 valence electrons. The topological polar surface area (TPSA) is 125 Å². The van der Waals surface area contributed by atoms with Gasteiger partial charge in [-0.25, -0.2) is 4.79 Å². The molecule has 1 aliphatic heterocycles. The monoisotopic (exact) mass is 692 g/mol. The van der Waals surface area contributed by atoms with Gasteiger partial charge in [0.15, 0.2) is 0 Å². The second kappa shape index (κ2) is 31.0. The van der Waals surface area contributed by atoms with Gasteiger partial charge in [-0.1, -0.05) is 95.7 Å². The molecule has 0 radical (unpaired) electrons. The van der Waals surface area contributed by atoms with Crippen LogP contribution in [0.3, 0.4) is 0 Å². The van der Waals surface area contributed by atoms with E-state index in [0.29, 0.717) is 43.9 Å². The fourth-order valence-corrected chi connectivity index (χ4v) is 7.68. The SMILES string of the molecule is CCC=CCC=CCC=CCC=CCC=CCCCC(=O)NCCCC[C@H](NC(=O)CCCC[C@@H]1CCSS1)C(=O)OC(CO)CO. The number of ether oxygens (including phenoxy) is 1. The fourth-order valence-electron chi connectivity index (χ4n) is 4.65. The average molecular weight is 693 g/mol. The molecule has 0 unspecified atom stereocenters. The van der Waals surface area contributed by atoms with Crippen molar-refractivity contribution >= 4 is 39.4 Å². The summed E-state index contributed by atoms with van der Waals surface area (Å²) in [5, 5.41) is 24.9. The van der Waals surface area contributed by atoms with Gasteiger partial charge in [-0.15, -0.1) is 0 Å². The van der Waals surface area contributed by atoms with E-state index in [0.717, 1.165) is 64.2 Å². The first-order valence-corrected chi connectivity index (χ1v) is 19.9. The van der Waals surface area contributed by atoms with Crippen molar-refractivity contribution < 1.29 is 29.3 Å². The van der Waals surface area contributed by atoms with Gasteiger partial charge in [-0.3, -0.25) is 9.59 Å². The van der Waals surface area contributed by atoms with Crippen molar-refractivity contribution in [1.82, 2.24) is 10.6 Å². The standard InChI is InChI=1S/C37H60N2O6S2/c1-2-3-4-5-6-7-8-9-10-11-12-13-14-15-16-17-18-25-35(42)38-28-22-21-24-34(37(44)45-32(30-40)31-41)39-36(43)26-20-19-23-33-27-29-46-47-33/h3-4,6-7,9-10,12-13,15-16,32-34,40-41H,2,5,8,11,14,17-31H2,1H3,(H,38,42)(H,39,43)/t33-,34+/m1/s1. The first-order valence-electron chi connectivity index (χ1n) is 17.5. The lowest BCUT2D eigenvalue weighted by atomic mass is 10.1. The Hall–Kier alpha value is -2.27. The van der Waals surface area contributed by atoms with Gasteiger partial charge in [0.25, 0.3) is 0 Å². The number of aliphatic hydroxyl groups excluding tert-OH is 2. The molecule has 1 rings (SSSR count). The predicted molar refractivity (Wildman–Crippen MR) is 198 cm³/mol. The van der Waals surface area contributed by atoms with Crippen molar-refractivity contribution in [3.8, 4) is 0 Å². The molecular weight excluding hydrogens is 633 g/mol. The summed E-state index contributed by atoms with van der Waals surface area (Å²) >= 11 is 0. The molecule has 47 heavy (non-hydrogen) atoms. The predicted octanol–water partition coefficient (Wildman–Crippen LogP) is 7.29. The van der Waals surface area contributed by atoms with Crippen molar-refractivity contribution in [2.24, 2.45) is 0 Å². The van der Waals surface area contributed by atoms with Gasteiger partial charge in [0.1, 0.15) is 12.1 Å². The maximum atomic E-state index is 12.7. The summed E-state index contributed by atoms with van der Waals surface area (Å²) in [5.74, 6) is 0.332. The molecule has 8 nitrogen and oxygen atoms in total. The summed E-state index contributed by atoms with van der Waals surface area (Å²) in [7, 11) is 3.84. The molecule has 1 saturated heterocycles. The number of amides is 2. The summed E-state index contributed by atoms with van der Waals surface area (Å²) in [6.45, 7) is 1.65. The zero-order chi connectivity index (χ0) is 34.2. The molecule has 0 bridgehead atoms. The number of hydrogen-bond donors (Lipinski definition) is 4. The van der Waals surface area contributed by atoms with Crippen LogP contribution in [0.4, 0.5) is 0 Å². The number of nitrogens with one attached hydrogen (secondary N) is 2. The minimum absolute atomic E-state index is 0.00458. The van der Waals surface area contributed by atoms with Crippen LogP contribution in [0.1, 0.15) is 110 Å². The molecule has 0 spiro atoms. The molecule has 4 N–H and O–H groups in total. The molecule has 1 aliphatic rings. The average Bonchev–Trinajstić information content (AvgIpc) is 3.60. The third kappa shape index (κ3) is 25.4. The summed E-state index contributed by atoms with van der Waals surface area (Å²) in [4.78, 5) is 37.4. The Morgan fingerprint density at radius 1 is 0.787 bits per heavy atom. The van der Waals surface area contributed by atoms with E-state index >= 15 is 0 Å². The Balaban J connectivity index is 2.19. The summed E-state index contributed by atoms with van der Waals surface area (Å²) in [6.07, 6.45) is 33.6. The van der Waals surface area contributed by atoms with E-state index in [-0.39, 0.29) is 11.8 Å². The van der Waals surface area contributed by atoms with Gasteiger partial charge >= 0.3 is 5.97 Å². The minimum Gasteiger partial charge on any atom is -0.456 e. The Morgan fingerprint density at radius 3 is 2.00 bits per heavy atom. The smallest absolute Gasteiger partial charge is 0.329 e. The minimum atomic E-state index is -1.02. The number of unbranched alkanes of at least 4 members (excludes halogenated alkanes) is 3. The highest BCUT2D eigenvalue weighted by atomic mass is 33.1. The second-order valence-electron chi connectivity index (χ2n) is 11.6. The fraction of sp³-hybridized carbons (Fsp3) is 0.649. The lowest BCUT2D eigenvalue weighted by Crippen LogP contribution is -2.44. The molecule has 0 saturated carbocycles. The van der Waals surface area contributed by atoms with Crippen LogP contribution in [0.25, 0.3) is 0 Å². The molecular formula is C37H60N2O6S2. The summed E-state index contributed by atoms with van der Waals surface area (Å²) in [6, 6.07) is -0.857. The van der Waals surface area contributed by atoms with Crippen LogP contribution in [-0.2, 0) is 19.1 Å². The third-order valence-electron chi connectivity index (χ3n) is 7.39. The van der Waals surface area contributed by atoms with E-state index in [9.17, 15) is 24.6 Å². The largest absolute Gasteiger partial charge is 0.456 e. The zero-order valence-electron chi connectivity index (χ0n) is 28.5. The molecule has 0 aromatic carbocycles. The van der Waals surface area contributed by atoms with Gasteiger partial charge < -0.3 is 25.6 Å². The van der Waals surface area contributed by atoms with Gasteiger partial charge in [-0.05, 0) is 83.5 Å². The number of allylic oxidation sites excluding steroid dienone is 10. The summed E-state index contributed by atoms with van der Waals surface area (Å²) in [5.41, 5.74) is 0. The van der Waals surface area contributed by atoms with Crippen LogP contribution in [0.15, 0.2) is 60.8 Å².